The average molecular weight is 489 g/mol. The Hall–Kier alpha value is -3.37. The highest BCUT2D eigenvalue weighted by Gasteiger charge is 2.61. The van der Waals surface area contributed by atoms with Crippen molar-refractivity contribution in [3.63, 3.8) is 0 Å². The number of nitrogens with zero attached hydrogens (tertiary/aromatic N) is 3. The maximum absolute atomic E-state index is 13.9. The summed E-state index contributed by atoms with van der Waals surface area (Å²) in [6.07, 6.45) is 1.60. The van der Waals surface area contributed by atoms with E-state index >= 15 is 0 Å². The molecule has 0 radical (unpaired) electrons. The third-order valence-corrected chi connectivity index (χ3v) is 7.20. The summed E-state index contributed by atoms with van der Waals surface area (Å²) >= 11 is 3.49. The number of rotatable bonds is 1. The monoisotopic (exact) mass is 488 g/mol. The quantitative estimate of drug-likeness (QED) is 0.649. The molecule has 1 amide bonds. The van der Waals surface area contributed by atoms with Crippen LogP contribution in [0.3, 0.4) is 0 Å². The number of halogens is 1. The van der Waals surface area contributed by atoms with Gasteiger partial charge < -0.3 is 10.6 Å². The van der Waals surface area contributed by atoms with Gasteiger partial charge in [0.2, 0.25) is 5.91 Å². The molecule has 32 heavy (non-hydrogen) atoms. The maximum atomic E-state index is 13.9. The Bertz CT molecular complexity index is 1320. The number of fused-ring (bicyclic) bond motifs is 3. The van der Waals surface area contributed by atoms with E-state index in [1.165, 1.54) is 4.90 Å². The van der Waals surface area contributed by atoms with Gasteiger partial charge >= 0.3 is 0 Å². The van der Waals surface area contributed by atoms with Crippen LogP contribution in [0.25, 0.3) is 0 Å². The van der Waals surface area contributed by atoms with E-state index in [2.05, 4.69) is 22.0 Å². The van der Waals surface area contributed by atoms with Crippen LogP contribution in [0.5, 0.6) is 0 Å². The molecule has 3 aliphatic rings. The molecule has 1 unspecified atom stereocenters. The van der Waals surface area contributed by atoms with Gasteiger partial charge in [0.25, 0.3) is 0 Å². The summed E-state index contributed by atoms with van der Waals surface area (Å²) in [5.74, 6) is -0.220. The van der Waals surface area contributed by atoms with E-state index in [1.54, 1.807) is 7.05 Å². The Morgan fingerprint density at radius 3 is 2.59 bits per heavy atom. The lowest BCUT2D eigenvalue weighted by atomic mass is 9.63. The molecule has 0 saturated carbocycles. The first-order chi connectivity index (χ1) is 15.3. The zero-order chi connectivity index (χ0) is 22.8. The third-order valence-electron chi connectivity index (χ3n) is 6.71. The first kappa shape index (κ1) is 20.5. The number of nitrogens with two attached hydrogens (primary N) is 1. The van der Waals surface area contributed by atoms with Crippen LogP contribution in [-0.2, 0) is 15.0 Å². The van der Waals surface area contributed by atoms with Crippen molar-refractivity contribution in [2.45, 2.75) is 31.6 Å². The first-order valence-electron chi connectivity index (χ1n) is 10.4. The van der Waals surface area contributed by atoms with Gasteiger partial charge in [-0.15, -0.1) is 0 Å². The highest BCUT2D eigenvalue weighted by atomic mass is 79.9. The lowest BCUT2D eigenvalue weighted by molar-refractivity contribution is -0.124. The van der Waals surface area contributed by atoms with Crippen molar-refractivity contribution in [1.29, 1.82) is 5.26 Å². The largest absolute Gasteiger partial charge is 0.384 e. The molecule has 2 aliphatic heterocycles. The Kier molecular flexibility index (Phi) is 4.54. The lowest BCUT2D eigenvalue weighted by Gasteiger charge is -2.44. The molecule has 0 bridgehead atoms. The van der Waals surface area contributed by atoms with Crippen molar-refractivity contribution in [3.05, 3.63) is 80.7 Å². The van der Waals surface area contributed by atoms with Gasteiger partial charge in [0, 0.05) is 40.5 Å². The Balaban J connectivity index is 1.91. The molecule has 160 valence electrons. The standard InChI is InChI=1S/C25H21BrN4O2/c1-14-12-15(26)10-11-18(14)30-20-8-5-9-21(31)22(20)25(17(13-27)23(30)28)16-6-3-4-7-19(16)29(2)24(25)32/h3-4,6-7,10-12H,5,8-9,28H2,1-2H3. The number of Topliss-reactive ketones (excluding diaryl/α,β-unsaturated/α-hetero) is 1. The molecule has 2 heterocycles. The Morgan fingerprint density at radius 1 is 1.12 bits per heavy atom. The van der Waals surface area contributed by atoms with Crippen molar-refractivity contribution in [2.24, 2.45) is 5.73 Å². The maximum Gasteiger partial charge on any atom is 0.247 e. The molecule has 2 aromatic carbocycles. The number of hydrogen-bond acceptors (Lipinski definition) is 5. The second-order valence-electron chi connectivity index (χ2n) is 8.37. The number of amides is 1. The van der Waals surface area contributed by atoms with Crippen LogP contribution in [0, 0.1) is 18.3 Å². The molecule has 1 aliphatic carbocycles. The number of nitriles is 1. The Labute approximate surface area is 194 Å². The second kappa shape index (κ2) is 7.07. The number of anilines is 2. The number of ketones is 1. The third kappa shape index (κ3) is 2.44. The fourth-order valence-electron chi connectivity index (χ4n) is 5.38. The summed E-state index contributed by atoms with van der Waals surface area (Å²) in [6.45, 7) is 1.96. The number of para-hydroxylation sites is 1. The SMILES string of the molecule is Cc1cc(Br)ccc1N1C(N)=C(C#N)C2(C(=O)N(C)c3ccccc32)C2=C1CCCC2=O. The van der Waals surface area contributed by atoms with Gasteiger partial charge in [-0.2, -0.15) is 5.26 Å². The fraction of sp³-hybridized carbons (Fsp3) is 0.240. The van der Waals surface area contributed by atoms with Crippen LogP contribution in [0.1, 0.15) is 30.4 Å². The number of hydrogen-bond donors (Lipinski definition) is 1. The van der Waals surface area contributed by atoms with Crippen molar-refractivity contribution in [2.75, 3.05) is 16.8 Å². The molecule has 0 aromatic heterocycles. The van der Waals surface area contributed by atoms with Crippen LogP contribution >= 0.6 is 15.9 Å². The molecule has 2 N–H and O–H groups in total. The Morgan fingerprint density at radius 2 is 1.88 bits per heavy atom. The molecule has 0 saturated heterocycles. The molecular weight excluding hydrogens is 468 g/mol. The van der Waals surface area contributed by atoms with Crippen molar-refractivity contribution >= 4 is 39.0 Å². The van der Waals surface area contributed by atoms with Gasteiger partial charge in [-0.25, -0.2) is 0 Å². The van der Waals surface area contributed by atoms with Gasteiger partial charge in [-0.1, -0.05) is 34.1 Å². The van der Waals surface area contributed by atoms with Crippen molar-refractivity contribution < 1.29 is 9.59 Å². The highest BCUT2D eigenvalue weighted by Crippen LogP contribution is 2.56. The van der Waals surface area contributed by atoms with Crippen LogP contribution < -0.4 is 15.5 Å². The van der Waals surface area contributed by atoms with Gasteiger partial charge in [0.1, 0.15) is 17.3 Å². The summed E-state index contributed by atoms with van der Waals surface area (Å²) < 4.78 is 0.922. The summed E-state index contributed by atoms with van der Waals surface area (Å²) in [7, 11) is 1.68. The van der Waals surface area contributed by atoms with E-state index in [9.17, 15) is 14.9 Å². The van der Waals surface area contributed by atoms with Gasteiger partial charge in [0.05, 0.1) is 11.3 Å². The topological polar surface area (TPSA) is 90.4 Å². The first-order valence-corrected chi connectivity index (χ1v) is 11.2. The predicted molar refractivity (Wildman–Crippen MR) is 126 cm³/mol. The van der Waals surface area contributed by atoms with Crippen molar-refractivity contribution in [3.8, 4) is 6.07 Å². The molecule has 6 nitrogen and oxygen atoms in total. The number of likely N-dealkylation sites (N-methyl/N-ethyl adjacent to an activating group) is 1. The molecule has 1 spiro atoms. The summed E-state index contributed by atoms with van der Waals surface area (Å²) in [6, 6.07) is 15.4. The van der Waals surface area contributed by atoms with Gasteiger partial charge in [0.15, 0.2) is 5.78 Å². The van der Waals surface area contributed by atoms with Crippen LogP contribution in [0.4, 0.5) is 11.4 Å². The van der Waals surface area contributed by atoms with Crippen LogP contribution in [0.2, 0.25) is 0 Å². The number of aryl methyl sites for hydroxylation is 1. The summed E-state index contributed by atoms with van der Waals surface area (Å²) in [4.78, 5) is 30.7. The van der Waals surface area contributed by atoms with E-state index in [4.69, 9.17) is 5.73 Å². The summed E-state index contributed by atoms with van der Waals surface area (Å²) in [5, 5.41) is 10.3. The van der Waals surface area contributed by atoms with E-state index in [1.807, 2.05) is 54.3 Å². The molecule has 5 rings (SSSR count). The number of carbonyl (C=O) groups excluding carboxylic acids is 2. The highest BCUT2D eigenvalue weighted by molar-refractivity contribution is 9.10. The van der Waals surface area contributed by atoms with Gasteiger partial charge in [-0.3, -0.25) is 14.5 Å². The van der Waals surface area contributed by atoms with E-state index in [0.717, 1.165) is 15.7 Å². The normalized spacial score (nSPS) is 22.4. The average Bonchev–Trinajstić information content (AvgIpc) is 2.98. The predicted octanol–water partition coefficient (Wildman–Crippen LogP) is 4.19. The fourth-order valence-corrected chi connectivity index (χ4v) is 5.85. The lowest BCUT2D eigenvalue weighted by Crippen LogP contribution is -2.52. The second-order valence-corrected chi connectivity index (χ2v) is 9.28. The zero-order valence-electron chi connectivity index (χ0n) is 17.8. The molecule has 2 aromatic rings. The van der Waals surface area contributed by atoms with E-state index in [-0.39, 0.29) is 23.1 Å². The van der Waals surface area contributed by atoms with Crippen LogP contribution in [-0.4, -0.2) is 18.7 Å². The number of carbonyl (C=O) groups is 2. The number of benzene rings is 2. The molecule has 7 heteroatoms. The minimum absolute atomic E-state index is 0.107. The smallest absolute Gasteiger partial charge is 0.247 e. The molecule has 0 fully saturated rings. The number of allylic oxidation sites excluding steroid dienone is 1. The minimum atomic E-state index is -1.50. The van der Waals surface area contributed by atoms with Crippen molar-refractivity contribution in [1.82, 2.24) is 0 Å². The van der Waals surface area contributed by atoms with Gasteiger partial charge in [-0.05, 0) is 49.6 Å². The zero-order valence-corrected chi connectivity index (χ0v) is 19.4. The summed E-state index contributed by atoms with van der Waals surface area (Å²) in [5.41, 5.74) is 9.47. The molecular formula is C25H21BrN4O2. The van der Waals surface area contributed by atoms with Crippen LogP contribution in [0.15, 0.2) is 69.6 Å². The molecule has 1 atom stereocenters. The minimum Gasteiger partial charge on any atom is -0.384 e. The van der Waals surface area contributed by atoms with E-state index < -0.39 is 5.41 Å². The van der Waals surface area contributed by atoms with E-state index in [0.29, 0.717) is 41.8 Å².